The molecule has 3 atom stereocenters. The number of ether oxygens (including phenoxy) is 1. The number of alkyl carbamates (subject to hydrolysis) is 1. The molecule has 0 saturated heterocycles. The van der Waals surface area contributed by atoms with Crippen molar-refractivity contribution in [1.82, 2.24) is 5.32 Å². The van der Waals surface area contributed by atoms with E-state index in [9.17, 15) is 9.59 Å². The van der Waals surface area contributed by atoms with Gasteiger partial charge < -0.3 is 15.2 Å². The van der Waals surface area contributed by atoms with Crippen molar-refractivity contribution in [1.29, 1.82) is 0 Å². The summed E-state index contributed by atoms with van der Waals surface area (Å²) in [6, 6.07) is -0.952. The molecule has 0 heterocycles. The van der Waals surface area contributed by atoms with E-state index >= 15 is 0 Å². The van der Waals surface area contributed by atoms with Gasteiger partial charge in [0.15, 0.2) is 0 Å². The van der Waals surface area contributed by atoms with Crippen LogP contribution in [0.25, 0.3) is 0 Å². The topological polar surface area (TPSA) is 75.6 Å². The number of nitrogens with one attached hydrogen (secondary N) is 1. The molecule has 1 aliphatic carbocycles. The number of rotatable bonds is 6. The van der Waals surface area contributed by atoms with Gasteiger partial charge in [0.2, 0.25) is 0 Å². The molecule has 0 aromatic rings. The van der Waals surface area contributed by atoms with Gasteiger partial charge in [-0.2, -0.15) is 0 Å². The number of amides is 1. The molecule has 1 amide bonds. The van der Waals surface area contributed by atoms with Crippen LogP contribution in [0.5, 0.6) is 0 Å². The van der Waals surface area contributed by atoms with Gasteiger partial charge in [0.25, 0.3) is 0 Å². The molecule has 1 aliphatic rings. The van der Waals surface area contributed by atoms with Gasteiger partial charge in [-0.1, -0.05) is 39.8 Å². The summed E-state index contributed by atoms with van der Waals surface area (Å²) in [7, 11) is 0. The molecule has 0 aliphatic heterocycles. The van der Waals surface area contributed by atoms with E-state index in [1.165, 1.54) is 0 Å². The van der Waals surface area contributed by atoms with Crippen LogP contribution < -0.4 is 5.32 Å². The summed E-state index contributed by atoms with van der Waals surface area (Å²) >= 11 is 0. The quantitative estimate of drug-likeness (QED) is 0.735. The van der Waals surface area contributed by atoms with Crippen molar-refractivity contribution in [2.45, 2.75) is 59.1 Å². The standard InChI is InChI=1S/C15H25NO4/c1-5-6-7-8-10-9-11(10)20-14(19)16-12(13(17)18)15(2,3)4/h6-7,10-12H,5,8-9H2,1-4H3,(H,16,19)(H,17,18)/b7-6-/t10-,11-,12-/m1/s1. The molecule has 0 unspecified atom stereocenters. The van der Waals surface area contributed by atoms with Crippen LogP contribution in [0.1, 0.15) is 47.0 Å². The molecule has 1 fully saturated rings. The molecule has 20 heavy (non-hydrogen) atoms. The number of carboxylic acid groups (broad SMARTS) is 1. The Balaban J connectivity index is 2.37. The highest BCUT2D eigenvalue weighted by Crippen LogP contribution is 2.37. The maximum absolute atomic E-state index is 11.7. The van der Waals surface area contributed by atoms with E-state index < -0.39 is 23.5 Å². The average Bonchev–Trinajstić information content (AvgIpc) is 3.03. The number of hydrogen-bond donors (Lipinski definition) is 2. The number of carboxylic acids is 1. The van der Waals surface area contributed by atoms with Crippen molar-refractivity contribution in [3.8, 4) is 0 Å². The molecule has 1 rings (SSSR count). The highest BCUT2D eigenvalue weighted by molar-refractivity contribution is 5.80. The lowest BCUT2D eigenvalue weighted by molar-refractivity contribution is -0.142. The summed E-state index contributed by atoms with van der Waals surface area (Å²) < 4.78 is 5.23. The summed E-state index contributed by atoms with van der Waals surface area (Å²) in [5.41, 5.74) is -0.558. The highest BCUT2D eigenvalue weighted by Gasteiger charge is 2.41. The fraction of sp³-hybridized carbons (Fsp3) is 0.733. The predicted molar refractivity (Wildman–Crippen MR) is 76.4 cm³/mol. The summed E-state index contributed by atoms with van der Waals surface area (Å²) in [5, 5.41) is 11.6. The van der Waals surface area contributed by atoms with Crippen molar-refractivity contribution in [3.05, 3.63) is 12.2 Å². The van der Waals surface area contributed by atoms with Crippen LogP contribution in [0.15, 0.2) is 12.2 Å². The molecule has 0 bridgehead atoms. The predicted octanol–water partition coefficient (Wildman–Crippen LogP) is 2.96. The Morgan fingerprint density at radius 3 is 2.55 bits per heavy atom. The largest absolute Gasteiger partial charge is 0.480 e. The van der Waals surface area contributed by atoms with Crippen LogP contribution in [0, 0.1) is 11.3 Å². The Morgan fingerprint density at radius 1 is 1.40 bits per heavy atom. The Kier molecular flexibility index (Phi) is 5.60. The summed E-state index contributed by atoms with van der Waals surface area (Å²) in [6.07, 6.45) is 6.24. The van der Waals surface area contributed by atoms with E-state index in [-0.39, 0.29) is 6.10 Å². The third-order valence-corrected chi connectivity index (χ3v) is 3.33. The summed E-state index contributed by atoms with van der Waals surface area (Å²) in [4.78, 5) is 22.9. The summed E-state index contributed by atoms with van der Waals surface area (Å²) in [5.74, 6) is -0.672. The highest BCUT2D eigenvalue weighted by atomic mass is 16.6. The second kappa shape index (κ2) is 6.77. The molecule has 5 nitrogen and oxygen atoms in total. The lowest BCUT2D eigenvalue weighted by Gasteiger charge is -2.27. The van der Waals surface area contributed by atoms with E-state index in [1.54, 1.807) is 20.8 Å². The smallest absolute Gasteiger partial charge is 0.408 e. The van der Waals surface area contributed by atoms with Crippen LogP contribution >= 0.6 is 0 Å². The molecule has 5 heteroatoms. The maximum Gasteiger partial charge on any atom is 0.408 e. The van der Waals surface area contributed by atoms with Crippen molar-refractivity contribution >= 4 is 12.1 Å². The molecular weight excluding hydrogens is 258 g/mol. The fourth-order valence-electron chi connectivity index (χ4n) is 1.99. The lowest BCUT2D eigenvalue weighted by Crippen LogP contribution is -2.49. The fourth-order valence-corrected chi connectivity index (χ4v) is 1.99. The van der Waals surface area contributed by atoms with Crippen LogP contribution in [0.4, 0.5) is 4.79 Å². The SMILES string of the molecule is CC/C=C\C[C@@H]1C[C@H]1OC(=O)N[C@H](C(=O)O)C(C)(C)C. The van der Waals surface area contributed by atoms with Crippen LogP contribution in [-0.2, 0) is 9.53 Å². The Labute approximate surface area is 120 Å². The average molecular weight is 283 g/mol. The number of carbonyl (C=O) groups excluding carboxylic acids is 1. The number of carbonyl (C=O) groups is 2. The van der Waals surface area contributed by atoms with Gasteiger partial charge in [-0.05, 0) is 24.7 Å². The molecule has 2 N–H and O–H groups in total. The third kappa shape index (κ3) is 5.23. The number of allylic oxidation sites excluding steroid dienone is 2. The third-order valence-electron chi connectivity index (χ3n) is 3.33. The van der Waals surface area contributed by atoms with Crippen molar-refractivity contribution in [2.24, 2.45) is 11.3 Å². The first-order valence-corrected chi connectivity index (χ1v) is 7.10. The van der Waals surface area contributed by atoms with Gasteiger partial charge >= 0.3 is 12.1 Å². The molecule has 1 saturated carbocycles. The van der Waals surface area contributed by atoms with E-state index in [0.29, 0.717) is 5.92 Å². The van der Waals surface area contributed by atoms with Gasteiger partial charge in [-0.3, -0.25) is 0 Å². The molecular formula is C15H25NO4. The van der Waals surface area contributed by atoms with Crippen LogP contribution in [0.2, 0.25) is 0 Å². The molecule has 0 spiro atoms. The zero-order chi connectivity index (χ0) is 15.3. The minimum Gasteiger partial charge on any atom is -0.480 e. The molecule has 114 valence electrons. The van der Waals surface area contributed by atoms with Crippen molar-refractivity contribution < 1.29 is 19.4 Å². The van der Waals surface area contributed by atoms with Gasteiger partial charge in [0.1, 0.15) is 12.1 Å². The Bertz CT molecular complexity index is 384. The lowest BCUT2D eigenvalue weighted by atomic mass is 9.87. The maximum atomic E-state index is 11.7. The van der Waals surface area contributed by atoms with Gasteiger partial charge in [0.05, 0.1) is 0 Å². The minimum atomic E-state index is -1.05. The number of hydrogen-bond acceptors (Lipinski definition) is 3. The first-order chi connectivity index (χ1) is 9.25. The Hall–Kier alpha value is -1.52. The first kappa shape index (κ1) is 16.5. The normalized spacial score (nSPS) is 23.4. The first-order valence-electron chi connectivity index (χ1n) is 7.10. The van der Waals surface area contributed by atoms with Crippen molar-refractivity contribution in [3.63, 3.8) is 0 Å². The zero-order valence-electron chi connectivity index (χ0n) is 12.7. The van der Waals surface area contributed by atoms with E-state index in [4.69, 9.17) is 9.84 Å². The van der Waals surface area contributed by atoms with Gasteiger partial charge in [-0.25, -0.2) is 9.59 Å². The second-order valence-corrected chi connectivity index (χ2v) is 6.34. The van der Waals surface area contributed by atoms with Gasteiger partial charge in [-0.15, -0.1) is 0 Å². The van der Waals surface area contributed by atoms with E-state index in [2.05, 4.69) is 24.4 Å². The van der Waals surface area contributed by atoms with E-state index in [1.807, 2.05) is 0 Å². The molecule has 0 aromatic heterocycles. The van der Waals surface area contributed by atoms with Crippen LogP contribution in [0.3, 0.4) is 0 Å². The summed E-state index contributed by atoms with van der Waals surface area (Å²) in [6.45, 7) is 7.37. The minimum absolute atomic E-state index is 0.0779. The second-order valence-electron chi connectivity index (χ2n) is 6.34. The monoisotopic (exact) mass is 283 g/mol. The molecule has 0 radical (unpaired) electrons. The zero-order valence-corrected chi connectivity index (χ0v) is 12.7. The van der Waals surface area contributed by atoms with Crippen LogP contribution in [-0.4, -0.2) is 29.3 Å². The number of aliphatic carboxylic acids is 1. The van der Waals surface area contributed by atoms with E-state index in [0.717, 1.165) is 19.3 Å². The Morgan fingerprint density at radius 2 is 2.05 bits per heavy atom. The van der Waals surface area contributed by atoms with Crippen molar-refractivity contribution in [2.75, 3.05) is 0 Å². The molecule has 0 aromatic carbocycles. The van der Waals surface area contributed by atoms with Gasteiger partial charge in [0, 0.05) is 5.92 Å².